The van der Waals surface area contributed by atoms with Gasteiger partial charge >= 0.3 is 11.9 Å². The summed E-state index contributed by atoms with van der Waals surface area (Å²) in [5.74, 6) is -3.99. The number of carbonyl (C=O) groups excluding carboxylic acids is 2. The van der Waals surface area contributed by atoms with Crippen LogP contribution in [0.5, 0.6) is 5.75 Å². The van der Waals surface area contributed by atoms with Gasteiger partial charge in [-0.2, -0.15) is 0 Å². The molecule has 0 unspecified atom stereocenters. The lowest BCUT2D eigenvalue weighted by Gasteiger charge is -2.30. The fourth-order valence-electron chi connectivity index (χ4n) is 3.29. The molecule has 0 saturated carbocycles. The third-order valence-corrected chi connectivity index (χ3v) is 5.22. The van der Waals surface area contributed by atoms with E-state index in [0.717, 1.165) is 12.1 Å². The maximum absolute atomic E-state index is 13.8. The van der Waals surface area contributed by atoms with Gasteiger partial charge in [-0.15, -0.1) is 0 Å². The molecule has 2 aromatic carbocycles. The average molecular weight is 494 g/mol. The van der Waals surface area contributed by atoms with Gasteiger partial charge in [-0.05, 0) is 30.3 Å². The lowest BCUT2D eigenvalue weighted by Crippen LogP contribution is -2.29. The number of hydrogen-bond acceptors (Lipinski definition) is 6. The number of anilines is 1. The first-order valence-electron chi connectivity index (χ1n) is 8.97. The summed E-state index contributed by atoms with van der Waals surface area (Å²) in [6.45, 7) is 0. The zero-order valence-electron chi connectivity index (χ0n) is 16.8. The highest BCUT2D eigenvalue weighted by molar-refractivity contribution is 9.10. The number of ether oxygens (including phenoxy) is 3. The van der Waals surface area contributed by atoms with Gasteiger partial charge in [0.15, 0.2) is 11.6 Å². The zero-order chi connectivity index (χ0) is 22.7. The van der Waals surface area contributed by atoms with Crippen LogP contribution in [0.3, 0.4) is 0 Å². The summed E-state index contributed by atoms with van der Waals surface area (Å²) in [5, 5.41) is 0. The zero-order valence-corrected chi connectivity index (χ0v) is 18.4. The predicted molar refractivity (Wildman–Crippen MR) is 112 cm³/mol. The molecule has 3 rings (SSSR count). The van der Waals surface area contributed by atoms with Crippen LogP contribution < -0.4 is 9.64 Å². The average Bonchev–Trinajstić information content (AvgIpc) is 2.78. The molecule has 2 aromatic rings. The Morgan fingerprint density at radius 3 is 2.03 bits per heavy atom. The second-order valence-electron chi connectivity index (χ2n) is 6.48. The third kappa shape index (κ3) is 4.46. The van der Waals surface area contributed by atoms with Gasteiger partial charge in [-0.25, -0.2) is 18.4 Å². The Morgan fingerprint density at radius 2 is 1.52 bits per heavy atom. The minimum Gasteiger partial charge on any atom is -0.496 e. The Balaban J connectivity index is 2.25. The maximum Gasteiger partial charge on any atom is 0.336 e. The van der Waals surface area contributed by atoms with E-state index in [1.165, 1.54) is 44.7 Å². The Hall–Kier alpha value is -3.20. The molecule has 6 nitrogen and oxygen atoms in total. The fourth-order valence-corrected chi connectivity index (χ4v) is 3.67. The summed E-state index contributed by atoms with van der Waals surface area (Å²) >= 11 is 3.39. The number of carbonyl (C=O) groups is 2. The Labute approximate surface area is 185 Å². The van der Waals surface area contributed by atoms with E-state index in [1.54, 1.807) is 18.2 Å². The van der Waals surface area contributed by atoms with Gasteiger partial charge in [0.2, 0.25) is 0 Å². The van der Waals surface area contributed by atoms with Gasteiger partial charge in [0.25, 0.3) is 0 Å². The molecule has 162 valence electrons. The quantitative estimate of drug-likeness (QED) is 0.573. The Bertz CT molecular complexity index is 1070. The van der Waals surface area contributed by atoms with Crippen LogP contribution >= 0.6 is 15.9 Å². The highest BCUT2D eigenvalue weighted by Crippen LogP contribution is 2.43. The van der Waals surface area contributed by atoms with Gasteiger partial charge in [0.1, 0.15) is 5.75 Å². The molecule has 0 fully saturated rings. The Kier molecular flexibility index (Phi) is 6.74. The largest absolute Gasteiger partial charge is 0.496 e. The number of nitrogens with zero attached hydrogens (tertiary/aromatic N) is 1. The summed E-state index contributed by atoms with van der Waals surface area (Å²) in [5.41, 5.74) is 0.856. The lowest BCUT2D eigenvalue weighted by atomic mass is 9.82. The number of rotatable bonds is 5. The van der Waals surface area contributed by atoms with E-state index in [-0.39, 0.29) is 16.8 Å². The van der Waals surface area contributed by atoms with E-state index in [0.29, 0.717) is 15.8 Å². The van der Waals surface area contributed by atoms with E-state index in [2.05, 4.69) is 15.9 Å². The van der Waals surface area contributed by atoms with Crippen molar-refractivity contribution in [2.24, 2.45) is 0 Å². The summed E-state index contributed by atoms with van der Waals surface area (Å²) in [7, 11) is 3.87. The topological polar surface area (TPSA) is 65.1 Å². The molecule has 9 heteroatoms. The number of halogens is 3. The third-order valence-electron chi connectivity index (χ3n) is 4.72. The smallest absolute Gasteiger partial charge is 0.336 e. The minimum absolute atomic E-state index is 0.0755. The number of methoxy groups -OCH3 is 3. The molecule has 0 bridgehead atoms. The van der Waals surface area contributed by atoms with Crippen molar-refractivity contribution in [1.82, 2.24) is 0 Å². The van der Waals surface area contributed by atoms with Crippen LogP contribution in [0.4, 0.5) is 14.5 Å². The second kappa shape index (κ2) is 9.30. The summed E-state index contributed by atoms with van der Waals surface area (Å²) < 4.78 is 43.2. The van der Waals surface area contributed by atoms with E-state index in [1.807, 2.05) is 0 Å². The second-order valence-corrected chi connectivity index (χ2v) is 7.39. The van der Waals surface area contributed by atoms with Crippen LogP contribution in [0.15, 0.2) is 64.4 Å². The van der Waals surface area contributed by atoms with Crippen LogP contribution in [0, 0.1) is 11.6 Å². The van der Waals surface area contributed by atoms with Crippen molar-refractivity contribution >= 4 is 33.6 Å². The highest BCUT2D eigenvalue weighted by Gasteiger charge is 2.37. The van der Waals surface area contributed by atoms with Crippen molar-refractivity contribution in [3.8, 4) is 5.75 Å². The predicted octanol–water partition coefficient (Wildman–Crippen LogP) is 4.45. The van der Waals surface area contributed by atoms with E-state index >= 15 is 0 Å². The van der Waals surface area contributed by atoms with Crippen LogP contribution in [-0.2, 0) is 19.1 Å². The molecular weight excluding hydrogens is 476 g/mol. The van der Waals surface area contributed by atoms with Crippen LogP contribution in [0.1, 0.15) is 11.5 Å². The molecule has 0 aromatic heterocycles. The van der Waals surface area contributed by atoms with E-state index in [4.69, 9.17) is 14.2 Å². The highest BCUT2D eigenvalue weighted by atomic mass is 79.9. The molecule has 31 heavy (non-hydrogen) atoms. The number of esters is 2. The fraction of sp³-hybridized carbons (Fsp3) is 0.182. The molecule has 0 aliphatic carbocycles. The molecule has 1 aliphatic heterocycles. The molecule has 0 spiro atoms. The summed E-state index contributed by atoms with van der Waals surface area (Å²) in [4.78, 5) is 26.7. The maximum atomic E-state index is 13.8. The number of benzene rings is 2. The first kappa shape index (κ1) is 22.5. The van der Waals surface area contributed by atoms with Crippen LogP contribution in [0.2, 0.25) is 0 Å². The Morgan fingerprint density at radius 1 is 0.903 bits per heavy atom. The molecule has 0 saturated heterocycles. The first-order chi connectivity index (χ1) is 14.8. The molecular formula is C22H18BrF2NO5. The van der Waals surface area contributed by atoms with Crippen molar-refractivity contribution in [3.05, 3.63) is 81.6 Å². The minimum atomic E-state index is -1.07. The van der Waals surface area contributed by atoms with Gasteiger partial charge < -0.3 is 19.1 Å². The van der Waals surface area contributed by atoms with Gasteiger partial charge in [-0.3, -0.25) is 0 Å². The van der Waals surface area contributed by atoms with Crippen molar-refractivity contribution in [3.63, 3.8) is 0 Å². The van der Waals surface area contributed by atoms with Crippen molar-refractivity contribution in [2.75, 3.05) is 26.2 Å². The molecule has 0 N–H and O–H groups in total. The number of hydrogen-bond donors (Lipinski definition) is 0. The monoisotopic (exact) mass is 493 g/mol. The van der Waals surface area contributed by atoms with E-state index in [9.17, 15) is 18.4 Å². The van der Waals surface area contributed by atoms with Crippen molar-refractivity contribution in [2.45, 2.75) is 5.92 Å². The first-order valence-corrected chi connectivity index (χ1v) is 9.76. The van der Waals surface area contributed by atoms with Crippen molar-refractivity contribution < 1.29 is 32.6 Å². The normalized spacial score (nSPS) is 13.9. The molecule has 1 aliphatic rings. The van der Waals surface area contributed by atoms with Gasteiger partial charge in [0, 0.05) is 34.2 Å². The molecule has 0 radical (unpaired) electrons. The molecule has 1 heterocycles. The molecule has 0 amide bonds. The summed E-state index contributed by atoms with van der Waals surface area (Å²) in [6.07, 6.45) is 2.80. The van der Waals surface area contributed by atoms with Crippen LogP contribution in [0.25, 0.3) is 0 Å². The SMILES string of the molecule is COC(=O)C1=CN(c2ccc(F)c(F)c2)C=C(C(=O)OC)C1c1cc(Br)ccc1OC. The van der Waals surface area contributed by atoms with Crippen LogP contribution in [-0.4, -0.2) is 33.3 Å². The lowest BCUT2D eigenvalue weighted by molar-refractivity contribution is -0.137. The standard InChI is InChI=1S/C22H18BrF2NO5/c1-29-19-7-4-12(23)8-14(19)20-15(21(27)30-2)10-26(11-16(20)22(28)31-3)13-5-6-17(24)18(25)9-13/h4-11,20H,1-3H3. The van der Waals surface area contributed by atoms with E-state index < -0.39 is 29.5 Å². The van der Waals surface area contributed by atoms with Crippen molar-refractivity contribution in [1.29, 1.82) is 0 Å². The summed E-state index contributed by atoms with van der Waals surface area (Å²) in [6, 6.07) is 8.36. The molecule has 0 atom stereocenters. The van der Waals surface area contributed by atoms with Gasteiger partial charge in [-0.1, -0.05) is 15.9 Å². The van der Waals surface area contributed by atoms with Gasteiger partial charge in [0.05, 0.1) is 38.4 Å².